The zero-order chi connectivity index (χ0) is 17.6. The SMILES string of the molecule is C=CCON1C(=O)c2ccc(N3CCCC3)c3cc(Br)cc(c23)C1=O. The van der Waals surface area contributed by atoms with Crippen molar-refractivity contribution in [3.63, 3.8) is 0 Å². The number of imide groups is 1. The maximum Gasteiger partial charge on any atom is 0.285 e. The van der Waals surface area contributed by atoms with E-state index in [1.54, 1.807) is 12.1 Å². The van der Waals surface area contributed by atoms with Crippen LogP contribution in [0.4, 0.5) is 5.69 Å². The summed E-state index contributed by atoms with van der Waals surface area (Å²) in [6.07, 6.45) is 3.82. The van der Waals surface area contributed by atoms with Crippen LogP contribution >= 0.6 is 15.9 Å². The number of halogens is 1. The molecule has 2 aromatic rings. The van der Waals surface area contributed by atoms with Gasteiger partial charge in [0.1, 0.15) is 0 Å². The van der Waals surface area contributed by atoms with Crippen LogP contribution in [0.25, 0.3) is 10.8 Å². The Hall–Kier alpha value is -2.18. The van der Waals surface area contributed by atoms with E-state index in [0.717, 1.165) is 46.5 Å². The van der Waals surface area contributed by atoms with Crippen LogP contribution in [0.15, 0.2) is 41.4 Å². The van der Waals surface area contributed by atoms with Crippen molar-refractivity contribution < 1.29 is 14.4 Å². The second-order valence-electron chi connectivity index (χ2n) is 6.19. The molecule has 0 bridgehead atoms. The molecule has 1 fully saturated rings. The first kappa shape index (κ1) is 16.3. The predicted octanol–water partition coefficient (Wildman–Crippen LogP) is 3.92. The first-order valence-electron chi connectivity index (χ1n) is 8.25. The fourth-order valence-corrected chi connectivity index (χ4v) is 4.03. The molecule has 128 valence electrons. The lowest BCUT2D eigenvalue weighted by molar-refractivity contribution is -0.0842. The number of carbonyl (C=O) groups is 2. The molecule has 0 radical (unpaired) electrons. The quantitative estimate of drug-likeness (QED) is 0.576. The largest absolute Gasteiger partial charge is 0.371 e. The maximum atomic E-state index is 12.8. The van der Waals surface area contributed by atoms with Crippen LogP contribution in [0.2, 0.25) is 0 Å². The van der Waals surface area contributed by atoms with Gasteiger partial charge in [0, 0.05) is 34.0 Å². The Morgan fingerprint density at radius 1 is 1.12 bits per heavy atom. The van der Waals surface area contributed by atoms with Crippen molar-refractivity contribution in [1.82, 2.24) is 5.06 Å². The van der Waals surface area contributed by atoms with Gasteiger partial charge in [-0.3, -0.25) is 14.4 Å². The lowest BCUT2D eigenvalue weighted by Crippen LogP contribution is -2.40. The number of hydrogen-bond acceptors (Lipinski definition) is 4. The van der Waals surface area contributed by atoms with Crippen LogP contribution < -0.4 is 4.90 Å². The number of anilines is 1. The zero-order valence-corrected chi connectivity index (χ0v) is 15.2. The van der Waals surface area contributed by atoms with Gasteiger partial charge >= 0.3 is 0 Å². The molecule has 0 saturated carbocycles. The van der Waals surface area contributed by atoms with E-state index in [-0.39, 0.29) is 6.61 Å². The van der Waals surface area contributed by atoms with E-state index in [2.05, 4.69) is 27.4 Å². The van der Waals surface area contributed by atoms with Crippen LogP contribution in [0, 0.1) is 0 Å². The standard InChI is InChI=1S/C19H17BrN2O3/c1-2-9-25-22-18(23)13-5-6-16(21-7-3-4-8-21)14-10-12(20)11-15(17(13)14)19(22)24/h2,5-6,10-11H,1,3-4,7-9H2. The third kappa shape index (κ3) is 2.56. The van der Waals surface area contributed by atoms with Gasteiger partial charge in [0.25, 0.3) is 11.8 Å². The smallest absolute Gasteiger partial charge is 0.285 e. The Kier molecular flexibility index (Phi) is 4.09. The third-order valence-electron chi connectivity index (χ3n) is 4.65. The molecule has 5 nitrogen and oxygen atoms in total. The minimum Gasteiger partial charge on any atom is -0.371 e. The van der Waals surface area contributed by atoms with Crippen molar-refractivity contribution in [2.75, 3.05) is 24.6 Å². The first-order chi connectivity index (χ1) is 12.1. The molecule has 0 spiro atoms. The fourth-order valence-electron chi connectivity index (χ4n) is 3.57. The van der Waals surface area contributed by atoms with Crippen LogP contribution in [0.1, 0.15) is 33.6 Å². The highest BCUT2D eigenvalue weighted by atomic mass is 79.9. The van der Waals surface area contributed by atoms with Gasteiger partial charge in [-0.25, -0.2) is 0 Å². The minimum absolute atomic E-state index is 0.0931. The van der Waals surface area contributed by atoms with Crippen LogP contribution in [0.3, 0.4) is 0 Å². The van der Waals surface area contributed by atoms with E-state index >= 15 is 0 Å². The van der Waals surface area contributed by atoms with Gasteiger partial charge in [0.05, 0.1) is 17.7 Å². The number of rotatable bonds is 4. The first-order valence-corrected chi connectivity index (χ1v) is 9.05. The van der Waals surface area contributed by atoms with Crippen molar-refractivity contribution >= 4 is 44.2 Å². The Bertz CT molecular complexity index is 903. The van der Waals surface area contributed by atoms with Gasteiger partial charge in [0.15, 0.2) is 0 Å². The lowest BCUT2D eigenvalue weighted by atomic mass is 9.93. The molecule has 2 aliphatic heterocycles. The molecule has 4 rings (SSSR count). The second-order valence-corrected chi connectivity index (χ2v) is 7.11. The van der Waals surface area contributed by atoms with E-state index in [4.69, 9.17) is 4.84 Å². The molecule has 0 unspecified atom stereocenters. The molecule has 0 aromatic heterocycles. The van der Waals surface area contributed by atoms with Crippen molar-refractivity contribution in [3.8, 4) is 0 Å². The van der Waals surface area contributed by atoms with E-state index in [9.17, 15) is 9.59 Å². The summed E-state index contributed by atoms with van der Waals surface area (Å²) in [5.41, 5.74) is 2.04. The minimum atomic E-state index is -0.441. The number of carbonyl (C=O) groups excluding carboxylic acids is 2. The number of hydrogen-bond donors (Lipinski definition) is 0. The summed E-state index contributed by atoms with van der Waals surface area (Å²) in [5.74, 6) is -0.871. The number of amides is 2. The van der Waals surface area contributed by atoms with Gasteiger partial charge in [-0.2, -0.15) is 0 Å². The van der Waals surface area contributed by atoms with Crippen molar-refractivity contribution in [2.45, 2.75) is 12.8 Å². The molecule has 2 heterocycles. The molecular formula is C19H17BrN2O3. The summed E-state index contributed by atoms with van der Waals surface area (Å²) < 4.78 is 0.805. The normalized spacial score (nSPS) is 16.8. The third-order valence-corrected chi connectivity index (χ3v) is 5.11. The van der Waals surface area contributed by atoms with Crippen molar-refractivity contribution in [3.05, 3.63) is 52.5 Å². The maximum absolute atomic E-state index is 12.8. The van der Waals surface area contributed by atoms with E-state index in [1.165, 1.54) is 6.08 Å². The number of benzene rings is 2. The van der Waals surface area contributed by atoms with Crippen molar-refractivity contribution in [1.29, 1.82) is 0 Å². The van der Waals surface area contributed by atoms with Gasteiger partial charge in [-0.1, -0.05) is 22.0 Å². The Morgan fingerprint density at radius 3 is 2.56 bits per heavy atom. The average Bonchev–Trinajstić information content (AvgIpc) is 3.13. The Morgan fingerprint density at radius 2 is 1.84 bits per heavy atom. The van der Waals surface area contributed by atoms with Crippen LogP contribution in [-0.2, 0) is 4.84 Å². The summed E-state index contributed by atoms with van der Waals surface area (Å²) in [6, 6.07) is 7.50. The second kappa shape index (κ2) is 6.28. The highest BCUT2D eigenvalue weighted by Crippen LogP contribution is 2.39. The summed E-state index contributed by atoms with van der Waals surface area (Å²) >= 11 is 3.50. The van der Waals surface area contributed by atoms with Crippen molar-refractivity contribution in [2.24, 2.45) is 0 Å². The summed E-state index contributed by atoms with van der Waals surface area (Å²) in [6.45, 7) is 5.64. The number of nitrogens with zero attached hydrogens (tertiary/aromatic N) is 2. The zero-order valence-electron chi connectivity index (χ0n) is 13.6. The molecule has 6 heteroatoms. The fraction of sp³-hybridized carbons (Fsp3) is 0.263. The van der Waals surface area contributed by atoms with Crippen LogP contribution in [-0.4, -0.2) is 36.6 Å². The topological polar surface area (TPSA) is 49.9 Å². The predicted molar refractivity (Wildman–Crippen MR) is 99.7 cm³/mol. The Balaban J connectivity index is 1.93. The molecule has 0 atom stereocenters. The summed E-state index contributed by atoms with van der Waals surface area (Å²) in [5, 5.41) is 2.47. The highest BCUT2D eigenvalue weighted by Gasteiger charge is 2.35. The summed E-state index contributed by atoms with van der Waals surface area (Å²) in [4.78, 5) is 33.2. The van der Waals surface area contributed by atoms with E-state index in [1.807, 2.05) is 12.1 Å². The molecule has 2 amide bonds. The van der Waals surface area contributed by atoms with Crippen LogP contribution in [0.5, 0.6) is 0 Å². The van der Waals surface area contributed by atoms with E-state index in [0.29, 0.717) is 16.5 Å². The molecule has 2 aliphatic rings. The van der Waals surface area contributed by atoms with Gasteiger partial charge in [-0.15, -0.1) is 11.6 Å². The van der Waals surface area contributed by atoms with Gasteiger partial charge in [0.2, 0.25) is 0 Å². The average molecular weight is 401 g/mol. The highest BCUT2D eigenvalue weighted by molar-refractivity contribution is 9.10. The van der Waals surface area contributed by atoms with Gasteiger partial charge < -0.3 is 4.90 Å². The van der Waals surface area contributed by atoms with E-state index < -0.39 is 11.8 Å². The van der Waals surface area contributed by atoms with Gasteiger partial charge in [-0.05, 0) is 37.1 Å². The lowest BCUT2D eigenvalue weighted by Gasteiger charge is -2.28. The molecule has 25 heavy (non-hydrogen) atoms. The number of hydroxylamine groups is 2. The summed E-state index contributed by atoms with van der Waals surface area (Å²) in [7, 11) is 0. The molecule has 1 saturated heterocycles. The molecule has 0 aliphatic carbocycles. The Labute approximate surface area is 153 Å². The monoisotopic (exact) mass is 400 g/mol. The molecule has 0 N–H and O–H groups in total. The molecule has 2 aromatic carbocycles. The molecular weight excluding hydrogens is 384 g/mol.